The second kappa shape index (κ2) is 31.8. The second-order valence-electron chi connectivity index (χ2n) is 24.0. The first kappa shape index (κ1) is 71.0. The van der Waals surface area contributed by atoms with Gasteiger partial charge in [-0.25, -0.2) is 0 Å². The van der Waals surface area contributed by atoms with Gasteiger partial charge in [-0.2, -0.15) is 38.2 Å². The number of ether oxygens (including phenoxy) is 5. The molecule has 0 saturated heterocycles. The standard InChI is InChI=1S/C64H86ClN3O18S4/c1-63(31-8-11-45-87(70,71)72)51(46-67-36-30-48-20-28-54(89(76,77)78)58(63)60(48)67)22-18-49-14-12-15-50(62(49)86-52-23-25-53(26-24-52)88(73,74)75)21-29-56-64(2,59-55(90(79,80)81)27-19-47-16-13-35-68(56)61(47)59)32-7-5-6-17-57(69)66-34-38-83-40-42-85-44-43-84-41-39-82-37-10-4-3-9-33-65/h18-29,46,59H,3-17,30-45H2,1-2H3,(H4-,66,69,70,71,72,73,74,75,76,77,78,79,80,81)/p+1. The molecule has 0 spiro atoms. The molecule has 2 aromatic carbocycles. The molecule has 6 aliphatic rings. The van der Waals surface area contributed by atoms with Crippen LogP contribution in [0.15, 0.2) is 127 Å². The van der Waals surface area contributed by atoms with Gasteiger partial charge in [0, 0.05) is 72.9 Å². The van der Waals surface area contributed by atoms with Gasteiger partial charge in [-0.15, -0.1) is 11.6 Å². The largest absolute Gasteiger partial charge is 0.457 e. The van der Waals surface area contributed by atoms with Crippen LogP contribution in [-0.2, 0) is 76.1 Å². The number of unbranched alkanes of at least 4 members (excludes halogenated alkanes) is 6. The van der Waals surface area contributed by atoms with E-state index in [9.17, 15) is 56.7 Å². The summed E-state index contributed by atoms with van der Waals surface area (Å²) in [7, 11) is -18.3. The van der Waals surface area contributed by atoms with E-state index >= 15 is 0 Å². The van der Waals surface area contributed by atoms with Gasteiger partial charge in [0.2, 0.25) is 5.91 Å². The average molecular weight is 1350 g/mol. The third-order valence-electron chi connectivity index (χ3n) is 17.7. The Morgan fingerprint density at radius 1 is 0.700 bits per heavy atom. The molecule has 3 atom stereocenters. The zero-order valence-electron chi connectivity index (χ0n) is 51.4. The fraction of sp³-hybridized carbons (Fsp3) is 0.562. The van der Waals surface area contributed by atoms with E-state index in [0.717, 1.165) is 60.2 Å². The van der Waals surface area contributed by atoms with Crippen LogP contribution in [-0.4, -0.2) is 152 Å². The molecule has 8 rings (SSSR count). The molecule has 1 amide bonds. The summed E-state index contributed by atoms with van der Waals surface area (Å²) in [6, 6.07) is 8.40. The summed E-state index contributed by atoms with van der Waals surface area (Å²) < 4.78 is 173. The van der Waals surface area contributed by atoms with Crippen molar-refractivity contribution in [3.8, 4) is 5.75 Å². The van der Waals surface area contributed by atoms with E-state index < -0.39 is 63.0 Å². The highest BCUT2D eigenvalue weighted by atomic mass is 35.5. The average Bonchev–Trinajstić information content (AvgIpc) is 1.47. The molecule has 90 heavy (non-hydrogen) atoms. The van der Waals surface area contributed by atoms with Gasteiger partial charge in [0.15, 0.2) is 11.4 Å². The minimum absolute atomic E-state index is 0.0801. The summed E-state index contributed by atoms with van der Waals surface area (Å²) in [5.74, 6) is 0.0515. The number of carbonyl (C=O) groups excluding carboxylic acids is 1. The number of benzene rings is 2. The SMILES string of the molecule is CC1(CCCCS(=O)(=O)O)C(C=CC2=C(Oc3ccc(S(=O)(=O)O)cc3)C(=CC=C3[N+]4=C5C(=CC=C(S(=O)(=O)O)C5C3(C)CCCCCC(=O)NCCOCCOCCOCCOCCCCCCCl)CCC4)CCC2)=CN2CCc3ccc(S(=O)(=O)O)c1c32. The van der Waals surface area contributed by atoms with Crippen LogP contribution in [0.2, 0.25) is 0 Å². The number of nitrogens with zero attached hydrogens (tertiary/aromatic N) is 2. The van der Waals surface area contributed by atoms with E-state index in [4.69, 9.17) is 35.3 Å². The van der Waals surface area contributed by atoms with E-state index in [1.165, 1.54) is 36.4 Å². The van der Waals surface area contributed by atoms with Gasteiger partial charge in [0.05, 0.1) is 73.1 Å². The number of halogens is 1. The Morgan fingerprint density at radius 2 is 1.38 bits per heavy atom. The predicted molar refractivity (Wildman–Crippen MR) is 343 cm³/mol. The molecule has 0 bridgehead atoms. The van der Waals surface area contributed by atoms with Crippen LogP contribution in [0.25, 0.3) is 0 Å². The molecule has 2 aromatic rings. The third-order valence-corrected chi connectivity index (χ3v) is 21.5. The molecule has 496 valence electrons. The van der Waals surface area contributed by atoms with Gasteiger partial charge in [-0.05, 0) is 142 Å². The number of hydrogen-bond acceptors (Lipinski definition) is 15. The molecule has 5 N–H and O–H groups in total. The van der Waals surface area contributed by atoms with Gasteiger partial charge < -0.3 is 33.9 Å². The quantitative estimate of drug-likeness (QED) is 0.0182. The lowest BCUT2D eigenvalue weighted by atomic mass is 9.68. The monoisotopic (exact) mass is 1350 g/mol. The Kier molecular flexibility index (Phi) is 25.1. The summed E-state index contributed by atoms with van der Waals surface area (Å²) in [6.07, 6.45) is 24.2. The fourth-order valence-electron chi connectivity index (χ4n) is 13.2. The highest BCUT2D eigenvalue weighted by Gasteiger charge is 2.60. The van der Waals surface area contributed by atoms with Crippen molar-refractivity contribution in [1.82, 2.24) is 5.32 Å². The summed E-state index contributed by atoms with van der Waals surface area (Å²) in [4.78, 5) is 14.2. The van der Waals surface area contributed by atoms with E-state index in [1.54, 1.807) is 12.1 Å². The number of alkyl halides is 1. The Labute approximate surface area is 536 Å². The number of amides is 1. The minimum atomic E-state index is -4.76. The van der Waals surface area contributed by atoms with E-state index in [0.29, 0.717) is 164 Å². The van der Waals surface area contributed by atoms with E-state index in [1.807, 2.05) is 49.3 Å². The van der Waals surface area contributed by atoms with Crippen molar-refractivity contribution in [3.63, 3.8) is 0 Å². The summed E-state index contributed by atoms with van der Waals surface area (Å²) in [5, 5.41) is 2.92. The lowest BCUT2D eigenvalue weighted by molar-refractivity contribution is -0.482. The Hall–Kier alpha value is -4.87. The van der Waals surface area contributed by atoms with Gasteiger partial charge in [0.1, 0.15) is 22.9 Å². The van der Waals surface area contributed by atoms with Crippen molar-refractivity contribution >= 4 is 69.4 Å². The topological polar surface area (TPSA) is 299 Å². The van der Waals surface area contributed by atoms with Crippen LogP contribution in [0.5, 0.6) is 5.75 Å². The zero-order valence-corrected chi connectivity index (χ0v) is 55.4. The molecule has 4 heterocycles. The number of nitrogens with one attached hydrogen (secondary N) is 1. The van der Waals surface area contributed by atoms with Gasteiger partial charge in [-0.3, -0.25) is 23.0 Å². The first-order valence-corrected chi connectivity index (χ1v) is 37.6. The highest BCUT2D eigenvalue weighted by molar-refractivity contribution is 7.89. The zero-order chi connectivity index (χ0) is 64.7. The van der Waals surface area contributed by atoms with Crippen LogP contribution in [0.3, 0.4) is 0 Å². The van der Waals surface area contributed by atoms with Crippen molar-refractivity contribution in [2.75, 3.05) is 89.0 Å². The maximum Gasteiger partial charge on any atom is 0.294 e. The first-order valence-electron chi connectivity index (χ1n) is 31.2. The first-order chi connectivity index (χ1) is 42.8. The Bertz CT molecular complexity index is 3650. The smallest absolute Gasteiger partial charge is 0.294 e. The van der Waals surface area contributed by atoms with Gasteiger partial charge in [-0.1, -0.05) is 63.3 Å². The van der Waals surface area contributed by atoms with Crippen molar-refractivity contribution in [2.24, 2.45) is 11.3 Å². The molecule has 26 heteroatoms. The number of anilines is 1. The number of hydrogen-bond donors (Lipinski definition) is 5. The van der Waals surface area contributed by atoms with Gasteiger partial charge in [0.25, 0.3) is 40.5 Å². The minimum Gasteiger partial charge on any atom is -0.457 e. The molecule has 0 aromatic heterocycles. The van der Waals surface area contributed by atoms with Crippen molar-refractivity contribution in [2.45, 2.75) is 145 Å². The molecular formula is C64H87ClN3O18S4+. The molecule has 21 nitrogen and oxygen atoms in total. The van der Waals surface area contributed by atoms with E-state index in [-0.39, 0.29) is 52.0 Å². The van der Waals surface area contributed by atoms with Crippen molar-refractivity contribution in [3.05, 3.63) is 129 Å². The van der Waals surface area contributed by atoms with Crippen LogP contribution in [0.4, 0.5) is 5.69 Å². The van der Waals surface area contributed by atoms with Crippen LogP contribution < -0.4 is 15.0 Å². The van der Waals surface area contributed by atoms with Gasteiger partial charge >= 0.3 is 0 Å². The number of carbonyl (C=O) groups is 1. The predicted octanol–water partition coefficient (Wildman–Crippen LogP) is 10.2. The molecule has 0 radical (unpaired) electrons. The summed E-state index contributed by atoms with van der Waals surface area (Å²) in [5.41, 5.74) is 4.72. The fourth-order valence-corrected chi connectivity index (χ4v) is 16.2. The normalized spacial score (nSPS) is 21.9. The van der Waals surface area contributed by atoms with Crippen molar-refractivity contribution < 1.29 is 84.9 Å². The molecule has 3 unspecified atom stereocenters. The number of allylic oxidation sites excluding steroid dienone is 12. The maximum absolute atomic E-state index is 13.3. The second-order valence-corrected chi connectivity index (χ2v) is 30.2. The van der Waals surface area contributed by atoms with E-state index in [2.05, 4.69) is 9.89 Å². The van der Waals surface area contributed by atoms with Crippen LogP contribution in [0, 0.1) is 11.3 Å². The molecule has 0 saturated carbocycles. The lowest BCUT2D eigenvalue weighted by Gasteiger charge is -2.41. The molecule has 4 aliphatic heterocycles. The highest BCUT2D eigenvalue weighted by Crippen LogP contribution is 2.55. The maximum atomic E-state index is 13.3. The summed E-state index contributed by atoms with van der Waals surface area (Å²) in [6.45, 7) is 9.06. The Balaban J connectivity index is 0.999. The Morgan fingerprint density at radius 3 is 2.06 bits per heavy atom. The molecule has 0 fully saturated rings. The number of rotatable bonds is 37. The summed E-state index contributed by atoms with van der Waals surface area (Å²) >= 11 is 5.71. The third kappa shape index (κ3) is 18.5. The van der Waals surface area contributed by atoms with Crippen LogP contribution in [0.1, 0.15) is 134 Å². The van der Waals surface area contributed by atoms with Crippen LogP contribution >= 0.6 is 11.6 Å². The molecular weight excluding hydrogens is 1260 g/mol. The lowest BCUT2D eigenvalue weighted by Crippen LogP contribution is -2.36. The molecule has 2 aliphatic carbocycles. The van der Waals surface area contributed by atoms with Crippen molar-refractivity contribution in [1.29, 1.82) is 0 Å².